The summed E-state index contributed by atoms with van der Waals surface area (Å²) in [6, 6.07) is 10.6. The van der Waals surface area contributed by atoms with E-state index in [0.29, 0.717) is 48.6 Å². The lowest BCUT2D eigenvalue weighted by molar-refractivity contribution is -0.384. The Morgan fingerprint density at radius 3 is 2.59 bits per heavy atom. The Morgan fingerprint density at radius 1 is 1.20 bits per heavy atom. The summed E-state index contributed by atoms with van der Waals surface area (Å²) in [4.78, 5) is 38.9. The first-order chi connectivity index (χ1) is 21.2. The number of nitrogens with zero attached hydrogens (tertiary/aromatic N) is 3. The third-order valence-corrected chi connectivity index (χ3v) is 11.0. The maximum Gasteiger partial charge on any atom is 0.310 e. The van der Waals surface area contributed by atoms with Gasteiger partial charge in [0.05, 0.1) is 55.9 Å². The van der Waals surface area contributed by atoms with Gasteiger partial charge in [-0.25, -0.2) is 0 Å². The zero-order valence-electron chi connectivity index (χ0n) is 25.1. The molecule has 2 aromatic carbocycles. The molecule has 7 atom stereocenters. The molecule has 4 fully saturated rings. The van der Waals surface area contributed by atoms with E-state index in [1.54, 1.807) is 26.7 Å². The van der Waals surface area contributed by atoms with Gasteiger partial charge in [-0.3, -0.25) is 24.6 Å². The van der Waals surface area contributed by atoms with Crippen LogP contribution in [0.3, 0.4) is 0 Å². The number of rotatable bonds is 6. The van der Waals surface area contributed by atoms with Crippen LogP contribution in [-0.4, -0.2) is 78.9 Å². The van der Waals surface area contributed by atoms with Crippen molar-refractivity contribution < 1.29 is 33.8 Å². The molecular weight excluding hydrogens is 566 g/mol. The molecule has 1 amide bonds. The molecule has 7 unspecified atom stereocenters. The Balaban J connectivity index is 0.000000178. The van der Waals surface area contributed by atoms with Gasteiger partial charge in [-0.2, -0.15) is 0 Å². The minimum atomic E-state index is -0.911. The van der Waals surface area contributed by atoms with E-state index >= 15 is 0 Å². The molecule has 232 valence electrons. The lowest BCUT2D eigenvalue weighted by Crippen LogP contribution is -2.68. The van der Waals surface area contributed by atoms with E-state index in [-0.39, 0.29) is 29.2 Å². The number of carboxylic acid groups (broad SMARTS) is 1. The van der Waals surface area contributed by atoms with E-state index < -0.39 is 16.8 Å². The molecule has 1 saturated carbocycles. The maximum atomic E-state index is 13.4. The number of fused-ring (bicyclic) bond motifs is 2. The number of nitro groups is 1. The number of hydrogen-bond donors (Lipinski definition) is 1. The second-order valence-electron chi connectivity index (χ2n) is 12.7. The van der Waals surface area contributed by atoms with Crippen molar-refractivity contribution in [2.24, 2.45) is 11.8 Å². The number of anilines is 1. The molecule has 3 saturated heterocycles. The molecule has 5 aliphatic heterocycles. The third kappa shape index (κ3) is 4.08. The van der Waals surface area contributed by atoms with Gasteiger partial charge >= 0.3 is 5.97 Å². The third-order valence-electron chi connectivity index (χ3n) is 11.0. The highest BCUT2D eigenvalue weighted by Crippen LogP contribution is 2.66. The number of carboxylic acids is 1. The quantitative estimate of drug-likeness (QED) is 0.292. The highest BCUT2D eigenvalue weighted by atomic mass is 16.6. The van der Waals surface area contributed by atoms with Crippen LogP contribution < -0.4 is 14.4 Å². The lowest BCUT2D eigenvalue weighted by Gasteiger charge is -2.58. The van der Waals surface area contributed by atoms with Crippen LogP contribution in [0.15, 0.2) is 48.0 Å². The van der Waals surface area contributed by atoms with Crippen LogP contribution >= 0.6 is 0 Å². The van der Waals surface area contributed by atoms with Gasteiger partial charge in [-0.15, -0.1) is 0 Å². The summed E-state index contributed by atoms with van der Waals surface area (Å²) in [5.41, 5.74) is 4.44. The predicted octanol–water partition coefficient (Wildman–Crippen LogP) is 4.28. The molecular formula is C33H37N3O8. The van der Waals surface area contributed by atoms with Crippen molar-refractivity contribution in [1.82, 2.24) is 4.90 Å². The summed E-state index contributed by atoms with van der Waals surface area (Å²) >= 11 is 0. The first-order valence-corrected chi connectivity index (χ1v) is 15.3. The predicted molar refractivity (Wildman–Crippen MR) is 160 cm³/mol. The molecule has 6 aliphatic rings. The molecule has 44 heavy (non-hydrogen) atoms. The summed E-state index contributed by atoms with van der Waals surface area (Å²) in [6.07, 6.45) is 5.50. The van der Waals surface area contributed by atoms with E-state index in [0.717, 1.165) is 37.4 Å². The van der Waals surface area contributed by atoms with E-state index in [1.807, 2.05) is 6.07 Å². The van der Waals surface area contributed by atoms with Gasteiger partial charge in [-0.1, -0.05) is 30.7 Å². The minimum absolute atomic E-state index is 0.00526. The SMILES string of the molecule is CCC(C(=O)O)c1ccc([N+](=O)[O-])cc1.COc1cc2c(cc1OC)C13CCN4CC5=CCOC6CC(=O)N2C1C6C5C4C3. The number of methoxy groups -OCH3 is 2. The molecule has 1 spiro atoms. The van der Waals surface area contributed by atoms with Gasteiger partial charge in [0, 0.05) is 48.0 Å². The van der Waals surface area contributed by atoms with Crippen LogP contribution in [0.1, 0.15) is 49.7 Å². The Labute approximate surface area is 255 Å². The highest BCUT2D eigenvalue weighted by Gasteiger charge is 2.69. The fraction of sp³-hybridized carbons (Fsp3) is 0.515. The zero-order chi connectivity index (χ0) is 30.9. The molecule has 11 nitrogen and oxygen atoms in total. The topological polar surface area (TPSA) is 132 Å². The second-order valence-corrected chi connectivity index (χ2v) is 12.7. The van der Waals surface area contributed by atoms with Gasteiger partial charge in [0.2, 0.25) is 5.91 Å². The summed E-state index contributed by atoms with van der Waals surface area (Å²) in [7, 11) is 3.36. The van der Waals surface area contributed by atoms with Crippen molar-refractivity contribution >= 4 is 23.3 Å². The molecule has 2 bridgehead atoms. The average molecular weight is 604 g/mol. The molecule has 1 aliphatic carbocycles. The minimum Gasteiger partial charge on any atom is -0.493 e. The van der Waals surface area contributed by atoms with Gasteiger partial charge < -0.3 is 24.2 Å². The van der Waals surface area contributed by atoms with Crippen LogP contribution in [0.2, 0.25) is 0 Å². The van der Waals surface area contributed by atoms with Crippen molar-refractivity contribution in [2.45, 2.75) is 62.1 Å². The number of hydrogen-bond acceptors (Lipinski definition) is 8. The van der Waals surface area contributed by atoms with Crippen molar-refractivity contribution in [3.05, 3.63) is 69.3 Å². The smallest absolute Gasteiger partial charge is 0.310 e. The average Bonchev–Trinajstić information content (AvgIpc) is 3.45. The van der Waals surface area contributed by atoms with Crippen molar-refractivity contribution in [3.63, 3.8) is 0 Å². The summed E-state index contributed by atoms with van der Waals surface area (Å²) < 4.78 is 17.6. The molecule has 5 heterocycles. The molecule has 8 rings (SSSR count). The first-order valence-electron chi connectivity index (χ1n) is 15.3. The van der Waals surface area contributed by atoms with E-state index in [1.165, 1.54) is 29.8 Å². The molecule has 0 aromatic heterocycles. The molecule has 0 radical (unpaired) electrons. The van der Waals surface area contributed by atoms with Crippen LogP contribution in [0.4, 0.5) is 11.4 Å². The van der Waals surface area contributed by atoms with Gasteiger partial charge in [0.1, 0.15) is 0 Å². The summed E-state index contributed by atoms with van der Waals surface area (Å²) in [5.74, 6) is 1.05. The van der Waals surface area contributed by atoms with Gasteiger partial charge in [-0.05, 0) is 43.0 Å². The van der Waals surface area contributed by atoms with Crippen LogP contribution in [0.5, 0.6) is 11.5 Å². The number of carbonyl (C=O) groups excluding carboxylic acids is 1. The van der Waals surface area contributed by atoms with Gasteiger partial charge in [0.15, 0.2) is 11.5 Å². The molecule has 1 N–H and O–H groups in total. The Morgan fingerprint density at radius 2 is 1.93 bits per heavy atom. The Bertz CT molecular complexity index is 1560. The maximum absolute atomic E-state index is 13.4. The van der Waals surface area contributed by atoms with Gasteiger partial charge in [0.25, 0.3) is 5.69 Å². The van der Waals surface area contributed by atoms with Crippen molar-refractivity contribution in [2.75, 3.05) is 38.8 Å². The molecule has 2 aromatic rings. The molecule has 11 heteroatoms. The van der Waals surface area contributed by atoms with Crippen LogP contribution in [0.25, 0.3) is 0 Å². The van der Waals surface area contributed by atoms with E-state index in [9.17, 15) is 19.7 Å². The van der Waals surface area contributed by atoms with E-state index in [4.69, 9.17) is 19.3 Å². The van der Waals surface area contributed by atoms with Crippen molar-refractivity contribution in [3.8, 4) is 11.5 Å². The number of amides is 1. The monoisotopic (exact) mass is 603 g/mol. The summed E-state index contributed by atoms with van der Waals surface area (Å²) in [5, 5.41) is 19.2. The van der Waals surface area contributed by atoms with E-state index in [2.05, 4.69) is 21.9 Å². The second kappa shape index (κ2) is 10.6. The number of carbonyl (C=O) groups is 2. The lowest BCUT2D eigenvalue weighted by atomic mass is 9.53. The number of ether oxygens (including phenoxy) is 3. The number of nitro benzene ring substituents is 1. The fourth-order valence-electron chi connectivity index (χ4n) is 9.19. The Kier molecular flexibility index (Phi) is 6.93. The Hall–Kier alpha value is -3.96. The largest absolute Gasteiger partial charge is 0.493 e. The number of benzene rings is 2. The first kappa shape index (κ1) is 28.8. The van der Waals surface area contributed by atoms with Crippen molar-refractivity contribution in [1.29, 1.82) is 0 Å². The number of non-ortho nitro benzene ring substituents is 1. The zero-order valence-corrected chi connectivity index (χ0v) is 25.1. The van der Waals surface area contributed by atoms with Crippen LogP contribution in [-0.2, 0) is 19.7 Å². The number of piperidine rings is 2. The van der Waals surface area contributed by atoms with Crippen LogP contribution in [0, 0.1) is 22.0 Å². The normalized spacial score (nSPS) is 31.2. The highest BCUT2D eigenvalue weighted by molar-refractivity contribution is 5.99. The number of aliphatic carboxylic acids is 1. The summed E-state index contributed by atoms with van der Waals surface area (Å²) in [6.45, 7) is 4.59. The standard InChI is InChI=1S/C23H26N2O4.C10H11NO4/c1-27-16-7-13-14(8-17(16)28-2)25-19(26)9-18-21-20-12(3-6-29-18)11-24-5-4-23(13,22(21)25)10-15(20)24;1-2-9(10(12)13)7-3-5-8(6-4-7)11(14)15/h3,7-8,15,18,20-22H,4-6,9-11H2,1-2H3;3-6,9H,2H2,1H3,(H,12,13). The fourth-order valence-corrected chi connectivity index (χ4v) is 9.19.